The fourth-order valence-electron chi connectivity index (χ4n) is 0.445. The third kappa shape index (κ3) is 4.45. The number of methoxy groups -OCH3 is 1. The molecular formula is C5H13BO3. The molecule has 0 aliphatic rings. The van der Waals surface area contributed by atoms with Gasteiger partial charge in [-0.2, -0.15) is 0 Å². The Bertz CT molecular complexity index is 56.2. The summed E-state index contributed by atoms with van der Waals surface area (Å²) in [6, 6.07) is 0. The smallest absolute Gasteiger partial charge is 0.180 e. The van der Waals surface area contributed by atoms with Crippen molar-refractivity contribution in [1.29, 1.82) is 0 Å². The Hall–Kier alpha value is -0.0551. The maximum Gasteiger partial charge on any atom is 0.180 e. The van der Waals surface area contributed by atoms with Gasteiger partial charge >= 0.3 is 0 Å². The molecule has 54 valence electrons. The van der Waals surface area contributed by atoms with E-state index in [-0.39, 0.29) is 6.61 Å². The standard InChI is InChI=1S/C5H13BO3/c1-8-5(4-7)9-3-2-6/h5,7H,2-4,6H2,1H3/t5-/m0/s1. The summed E-state index contributed by atoms with van der Waals surface area (Å²) in [7, 11) is 3.51. The number of aliphatic hydroxyl groups is 1. The molecule has 0 aromatic heterocycles. The number of rotatable bonds is 5. The van der Waals surface area contributed by atoms with E-state index in [1.807, 2.05) is 7.85 Å². The topological polar surface area (TPSA) is 38.7 Å². The van der Waals surface area contributed by atoms with E-state index in [1.54, 1.807) is 0 Å². The van der Waals surface area contributed by atoms with Gasteiger partial charge in [-0.05, 0) is 0 Å². The zero-order valence-corrected chi connectivity index (χ0v) is 5.96. The van der Waals surface area contributed by atoms with Crippen LogP contribution in [-0.4, -0.2) is 39.6 Å². The van der Waals surface area contributed by atoms with Gasteiger partial charge in [-0.1, -0.05) is 6.32 Å². The molecule has 0 aromatic rings. The van der Waals surface area contributed by atoms with Crippen molar-refractivity contribution in [2.24, 2.45) is 0 Å². The molecule has 0 aliphatic heterocycles. The van der Waals surface area contributed by atoms with Crippen LogP contribution < -0.4 is 0 Å². The molecule has 0 aliphatic carbocycles. The normalized spacial score (nSPS) is 13.6. The van der Waals surface area contributed by atoms with Crippen LogP contribution in [0.25, 0.3) is 0 Å². The molecule has 3 nitrogen and oxygen atoms in total. The van der Waals surface area contributed by atoms with Crippen molar-refractivity contribution in [3.8, 4) is 0 Å². The van der Waals surface area contributed by atoms with Gasteiger partial charge in [0.2, 0.25) is 0 Å². The molecule has 1 N–H and O–H groups in total. The van der Waals surface area contributed by atoms with Crippen LogP contribution in [0.5, 0.6) is 0 Å². The van der Waals surface area contributed by atoms with Crippen LogP contribution in [-0.2, 0) is 9.47 Å². The highest BCUT2D eigenvalue weighted by Gasteiger charge is 2.01. The molecule has 1 atom stereocenters. The van der Waals surface area contributed by atoms with Gasteiger partial charge in [0.25, 0.3) is 0 Å². The van der Waals surface area contributed by atoms with Gasteiger partial charge in [-0.25, -0.2) is 0 Å². The van der Waals surface area contributed by atoms with Gasteiger partial charge < -0.3 is 14.6 Å². The van der Waals surface area contributed by atoms with Gasteiger partial charge in [-0.15, -0.1) is 0 Å². The van der Waals surface area contributed by atoms with E-state index in [0.717, 1.165) is 6.32 Å². The lowest BCUT2D eigenvalue weighted by Gasteiger charge is -2.11. The second-order valence-electron chi connectivity index (χ2n) is 1.72. The Labute approximate surface area is 56.4 Å². The SMILES string of the molecule is BCCO[C@@H](CO)OC. The van der Waals surface area contributed by atoms with E-state index < -0.39 is 6.29 Å². The highest BCUT2D eigenvalue weighted by atomic mass is 16.7. The summed E-state index contributed by atoms with van der Waals surface area (Å²) in [5.74, 6) is 0. The van der Waals surface area contributed by atoms with E-state index in [9.17, 15) is 0 Å². The lowest BCUT2D eigenvalue weighted by atomic mass is 10.1. The number of aliphatic hydroxyl groups excluding tert-OH is 1. The molecule has 0 fully saturated rings. The van der Waals surface area contributed by atoms with Crippen molar-refractivity contribution >= 4 is 7.85 Å². The first-order valence-electron chi connectivity index (χ1n) is 3.10. The van der Waals surface area contributed by atoms with Crippen LogP contribution in [0.3, 0.4) is 0 Å². The second kappa shape index (κ2) is 6.07. The van der Waals surface area contributed by atoms with Crippen molar-refractivity contribution < 1.29 is 14.6 Å². The van der Waals surface area contributed by atoms with Crippen LogP contribution in [0.2, 0.25) is 6.32 Å². The maximum absolute atomic E-state index is 8.50. The third-order valence-corrected chi connectivity index (χ3v) is 0.920. The van der Waals surface area contributed by atoms with E-state index in [0.29, 0.717) is 6.61 Å². The summed E-state index contributed by atoms with van der Waals surface area (Å²) in [6.07, 6.45) is 0.504. The van der Waals surface area contributed by atoms with Crippen molar-refractivity contribution in [2.75, 3.05) is 20.3 Å². The summed E-state index contributed by atoms with van der Waals surface area (Å²) >= 11 is 0. The van der Waals surface area contributed by atoms with Crippen LogP contribution in [0.1, 0.15) is 0 Å². The first-order valence-corrected chi connectivity index (χ1v) is 3.10. The van der Waals surface area contributed by atoms with Gasteiger partial charge in [0.05, 0.1) is 6.61 Å². The van der Waals surface area contributed by atoms with Crippen LogP contribution in [0.4, 0.5) is 0 Å². The molecule has 4 heteroatoms. The lowest BCUT2D eigenvalue weighted by molar-refractivity contribution is -0.142. The summed E-state index contributed by atoms with van der Waals surface area (Å²) in [5, 5.41) is 8.50. The van der Waals surface area contributed by atoms with Gasteiger partial charge in [0.15, 0.2) is 6.29 Å². The highest BCUT2D eigenvalue weighted by Crippen LogP contribution is 1.91. The molecule has 0 rings (SSSR count). The average Bonchev–Trinajstić information content (AvgIpc) is 1.91. The van der Waals surface area contributed by atoms with Gasteiger partial charge in [0, 0.05) is 13.7 Å². The minimum absolute atomic E-state index is 0.0729. The molecule has 0 radical (unpaired) electrons. The summed E-state index contributed by atoms with van der Waals surface area (Å²) < 4.78 is 9.75. The van der Waals surface area contributed by atoms with Crippen molar-refractivity contribution in [3.63, 3.8) is 0 Å². The van der Waals surface area contributed by atoms with Gasteiger partial charge in [0.1, 0.15) is 7.85 Å². The average molecular weight is 132 g/mol. The Morgan fingerprint density at radius 1 is 1.67 bits per heavy atom. The molecule has 0 unspecified atom stereocenters. The molecule has 0 aromatic carbocycles. The van der Waals surface area contributed by atoms with Crippen molar-refractivity contribution in [3.05, 3.63) is 0 Å². The molecule has 0 heterocycles. The zero-order chi connectivity index (χ0) is 7.11. The molecule has 0 saturated carbocycles. The number of ether oxygens (including phenoxy) is 2. The fourth-order valence-corrected chi connectivity index (χ4v) is 0.445. The monoisotopic (exact) mass is 132 g/mol. The predicted octanol–water partition coefficient (Wildman–Crippen LogP) is -0.981. The minimum Gasteiger partial charge on any atom is -0.391 e. The molecule has 9 heavy (non-hydrogen) atoms. The number of hydrogen-bond donors (Lipinski definition) is 1. The van der Waals surface area contributed by atoms with Crippen molar-refractivity contribution in [1.82, 2.24) is 0 Å². The second-order valence-corrected chi connectivity index (χ2v) is 1.72. The van der Waals surface area contributed by atoms with Crippen LogP contribution in [0, 0.1) is 0 Å². The first kappa shape index (κ1) is 8.94. The van der Waals surface area contributed by atoms with E-state index in [2.05, 4.69) is 0 Å². The highest BCUT2D eigenvalue weighted by molar-refractivity contribution is 6.08. The molecule has 0 saturated heterocycles. The zero-order valence-electron chi connectivity index (χ0n) is 5.96. The number of hydrogen-bond acceptors (Lipinski definition) is 3. The van der Waals surface area contributed by atoms with E-state index in [4.69, 9.17) is 14.6 Å². The first-order chi connectivity index (χ1) is 4.35. The Balaban J connectivity index is 3.09. The minimum atomic E-state index is -0.440. The lowest BCUT2D eigenvalue weighted by Crippen LogP contribution is -2.19. The van der Waals surface area contributed by atoms with Crippen molar-refractivity contribution in [2.45, 2.75) is 12.6 Å². The summed E-state index contributed by atoms with van der Waals surface area (Å²) in [5.41, 5.74) is 0. The van der Waals surface area contributed by atoms with Crippen LogP contribution >= 0.6 is 0 Å². The predicted molar refractivity (Wildman–Crippen MR) is 37.2 cm³/mol. The summed E-state index contributed by atoms with van der Waals surface area (Å²) in [6.45, 7) is 0.565. The molecular weight excluding hydrogens is 119 g/mol. The Morgan fingerprint density at radius 3 is 2.67 bits per heavy atom. The van der Waals surface area contributed by atoms with E-state index in [1.165, 1.54) is 7.11 Å². The largest absolute Gasteiger partial charge is 0.391 e. The summed E-state index contributed by atoms with van der Waals surface area (Å²) in [4.78, 5) is 0. The molecule has 0 amide bonds. The Kier molecular flexibility index (Phi) is 6.03. The van der Waals surface area contributed by atoms with E-state index >= 15 is 0 Å². The molecule has 0 bridgehead atoms. The quantitative estimate of drug-likeness (QED) is 0.386. The van der Waals surface area contributed by atoms with Crippen LogP contribution in [0.15, 0.2) is 0 Å². The third-order valence-electron chi connectivity index (χ3n) is 0.920. The molecule has 0 spiro atoms. The van der Waals surface area contributed by atoms with Gasteiger partial charge in [-0.3, -0.25) is 0 Å². The fraction of sp³-hybridized carbons (Fsp3) is 1.00. The Morgan fingerprint density at radius 2 is 2.33 bits per heavy atom. The maximum atomic E-state index is 8.50.